The van der Waals surface area contributed by atoms with Gasteiger partial charge in [0.05, 0.1) is 0 Å². The third-order valence-electron chi connectivity index (χ3n) is 3.99. The van der Waals surface area contributed by atoms with Crippen molar-refractivity contribution >= 4 is 0 Å². The number of hydrogen-bond acceptors (Lipinski definition) is 1. The fourth-order valence-electron chi connectivity index (χ4n) is 2.57. The first-order valence-electron chi connectivity index (χ1n) is 8.10. The predicted octanol–water partition coefficient (Wildman–Crippen LogP) is 4.84. The topological polar surface area (TPSA) is 12.0 Å². The summed E-state index contributed by atoms with van der Waals surface area (Å²) >= 11 is 0. The van der Waals surface area contributed by atoms with E-state index in [9.17, 15) is 0 Å². The maximum absolute atomic E-state index is 3.69. The monoisotopic (exact) mass is 281 g/mol. The number of aryl methyl sites for hydroxylation is 2. The first-order chi connectivity index (χ1) is 10.2. The highest BCUT2D eigenvalue weighted by molar-refractivity contribution is 5.28. The molecule has 0 aliphatic heterocycles. The van der Waals surface area contributed by atoms with Gasteiger partial charge in [-0.25, -0.2) is 0 Å². The fourth-order valence-corrected chi connectivity index (χ4v) is 2.57. The number of rotatable bonds is 7. The van der Waals surface area contributed by atoms with E-state index < -0.39 is 0 Å². The standard InChI is InChI=1S/C20H27N/c1-4-14-21-20(15-18-8-6-16(3)7-9-18)19-12-10-17(5-2)11-13-19/h6-13,20-21H,4-5,14-15H2,1-3H3. The van der Waals surface area contributed by atoms with Gasteiger partial charge in [0.1, 0.15) is 0 Å². The Morgan fingerprint density at radius 1 is 0.857 bits per heavy atom. The Hall–Kier alpha value is -1.60. The van der Waals surface area contributed by atoms with Crippen molar-refractivity contribution < 1.29 is 0 Å². The molecule has 1 unspecified atom stereocenters. The molecule has 0 aliphatic carbocycles. The zero-order valence-corrected chi connectivity index (χ0v) is 13.5. The van der Waals surface area contributed by atoms with Crippen LogP contribution in [0.4, 0.5) is 0 Å². The Labute approximate surface area is 129 Å². The van der Waals surface area contributed by atoms with Crippen molar-refractivity contribution in [1.82, 2.24) is 5.32 Å². The van der Waals surface area contributed by atoms with E-state index in [4.69, 9.17) is 0 Å². The van der Waals surface area contributed by atoms with Crippen LogP contribution in [0.25, 0.3) is 0 Å². The van der Waals surface area contributed by atoms with Gasteiger partial charge in [-0.2, -0.15) is 0 Å². The first kappa shape index (κ1) is 15.8. The molecule has 0 aliphatic rings. The summed E-state index contributed by atoms with van der Waals surface area (Å²) in [6.07, 6.45) is 3.31. The highest BCUT2D eigenvalue weighted by Gasteiger charge is 2.11. The minimum absolute atomic E-state index is 0.401. The van der Waals surface area contributed by atoms with Crippen LogP contribution < -0.4 is 5.32 Å². The first-order valence-corrected chi connectivity index (χ1v) is 8.10. The van der Waals surface area contributed by atoms with Crippen molar-refractivity contribution in [3.8, 4) is 0 Å². The molecule has 2 rings (SSSR count). The Morgan fingerprint density at radius 3 is 2.05 bits per heavy atom. The minimum atomic E-state index is 0.401. The van der Waals surface area contributed by atoms with Crippen molar-refractivity contribution in [2.45, 2.75) is 46.1 Å². The van der Waals surface area contributed by atoms with Gasteiger partial charge >= 0.3 is 0 Å². The van der Waals surface area contributed by atoms with Crippen molar-refractivity contribution in [1.29, 1.82) is 0 Å². The maximum Gasteiger partial charge on any atom is 0.0360 e. The Bertz CT molecular complexity index is 525. The third-order valence-corrected chi connectivity index (χ3v) is 3.99. The zero-order chi connectivity index (χ0) is 15.1. The molecule has 0 fully saturated rings. The van der Waals surface area contributed by atoms with E-state index in [0.29, 0.717) is 6.04 Å². The molecule has 0 heterocycles. The van der Waals surface area contributed by atoms with Crippen LogP contribution in [0, 0.1) is 6.92 Å². The molecule has 1 atom stereocenters. The molecule has 1 heteroatoms. The van der Waals surface area contributed by atoms with Crippen molar-refractivity contribution in [3.63, 3.8) is 0 Å². The smallest absolute Gasteiger partial charge is 0.0360 e. The van der Waals surface area contributed by atoms with E-state index in [1.165, 1.54) is 22.3 Å². The summed E-state index contributed by atoms with van der Waals surface area (Å²) in [7, 11) is 0. The molecule has 0 spiro atoms. The summed E-state index contributed by atoms with van der Waals surface area (Å²) in [5.74, 6) is 0. The summed E-state index contributed by atoms with van der Waals surface area (Å²) in [4.78, 5) is 0. The zero-order valence-electron chi connectivity index (χ0n) is 13.5. The third kappa shape index (κ3) is 4.71. The average Bonchev–Trinajstić information content (AvgIpc) is 2.53. The second-order valence-electron chi connectivity index (χ2n) is 5.79. The van der Waals surface area contributed by atoms with E-state index >= 15 is 0 Å². The van der Waals surface area contributed by atoms with Gasteiger partial charge in [-0.1, -0.05) is 67.9 Å². The lowest BCUT2D eigenvalue weighted by Gasteiger charge is -2.20. The molecule has 2 aromatic carbocycles. The van der Waals surface area contributed by atoms with Gasteiger partial charge in [0.2, 0.25) is 0 Å². The normalized spacial score (nSPS) is 12.3. The largest absolute Gasteiger partial charge is 0.310 e. The van der Waals surface area contributed by atoms with Gasteiger partial charge in [-0.3, -0.25) is 0 Å². The van der Waals surface area contributed by atoms with Gasteiger partial charge in [0.25, 0.3) is 0 Å². The van der Waals surface area contributed by atoms with Gasteiger partial charge in [0, 0.05) is 6.04 Å². The van der Waals surface area contributed by atoms with Crippen LogP contribution in [0.2, 0.25) is 0 Å². The molecule has 1 N–H and O–H groups in total. The second-order valence-corrected chi connectivity index (χ2v) is 5.79. The van der Waals surface area contributed by atoms with E-state index in [1.807, 2.05) is 0 Å². The molecule has 1 nitrogen and oxygen atoms in total. The number of nitrogens with one attached hydrogen (secondary N) is 1. The van der Waals surface area contributed by atoms with Gasteiger partial charge < -0.3 is 5.32 Å². The van der Waals surface area contributed by atoms with Crippen LogP contribution in [0.3, 0.4) is 0 Å². The molecule has 112 valence electrons. The molecular formula is C20H27N. The molecule has 0 amide bonds. The summed E-state index contributed by atoms with van der Waals surface area (Å²) < 4.78 is 0. The molecule has 21 heavy (non-hydrogen) atoms. The maximum atomic E-state index is 3.69. The average molecular weight is 281 g/mol. The summed E-state index contributed by atoms with van der Waals surface area (Å²) in [6.45, 7) is 7.62. The lowest BCUT2D eigenvalue weighted by atomic mass is 9.97. The van der Waals surface area contributed by atoms with E-state index in [1.54, 1.807) is 0 Å². The van der Waals surface area contributed by atoms with Gasteiger partial charge in [0.15, 0.2) is 0 Å². The SMILES string of the molecule is CCCNC(Cc1ccc(C)cc1)c1ccc(CC)cc1. The molecule has 0 radical (unpaired) electrons. The highest BCUT2D eigenvalue weighted by Crippen LogP contribution is 2.20. The molecular weight excluding hydrogens is 254 g/mol. The van der Waals surface area contributed by atoms with E-state index in [0.717, 1.165) is 25.8 Å². The van der Waals surface area contributed by atoms with Gasteiger partial charge in [-0.15, -0.1) is 0 Å². The van der Waals surface area contributed by atoms with Crippen molar-refractivity contribution in [3.05, 3.63) is 70.8 Å². The lowest BCUT2D eigenvalue weighted by molar-refractivity contribution is 0.529. The molecule has 0 aromatic heterocycles. The van der Waals surface area contributed by atoms with Crippen LogP contribution >= 0.6 is 0 Å². The lowest BCUT2D eigenvalue weighted by Crippen LogP contribution is -2.24. The van der Waals surface area contributed by atoms with E-state index in [-0.39, 0.29) is 0 Å². The molecule has 0 bridgehead atoms. The van der Waals surface area contributed by atoms with Crippen LogP contribution in [-0.2, 0) is 12.8 Å². The molecule has 0 saturated heterocycles. The Morgan fingerprint density at radius 2 is 1.48 bits per heavy atom. The minimum Gasteiger partial charge on any atom is -0.310 e. The van der Waals surface area contributed by atoms with Crippen LogP contribution in [0.15, 0.2) is 48.5 Å². The molecule has 0 saturated carbocycles. The summed E-state index contributed by atoms with van der Waals surface area (Å²) in [6, 6.07) is 18.4. The predicted molar refractivity (Wildman–Crippen MR) is 91.7 cm³/mol. The quantitative estimate of drug-likeness (QED) is 0.765. The Balaban J connectivity index is 2.14. The van der Waals surface area contributed by atoms with Crippen LogP contribution in [0.1, 0.15) is 48.6 Å². The van der Waals surface area contributed by atoms with Crippen molar-refractivity contribution in [2.75, 3.05) is 6.54 Å². The van der Waals surface area contributed by atoms with Gasteiger partial charge in [-0.05, 0) is 49.4 Å². The summed E-state index contributed by atoms with van der Waals surface area (Å²) in [5.41, 5.74) is 5.52. The Kier molecular flexibility index (Phi) is 6.01. The number of hydrogen-bond donors (Lipinski definition) is 1. The van der Waals surface area contributed by atoms with E-state index in [2.05, 4.69) is 74.6 Å². The fraction of sp³-hybridized carbons (Fsp3) is 0.400. The van der Waals surface area contributed by atoms with Crippen LogP contribution in [-0.4, -0.2) is 6.54 Å². The highest BCUT2D eigenvalue weighted by atomic mass is 14.9. The second kappa shape index (κ2) is 7.99. The van der Waals surface area contributed by atoms with Crippen molar-refractivity contribution in [2.24, 2.45) is 0 Å². The molecule has 2 aromatic rings. The summed E-state index contributed by atoms with van der Waals surface area (Å²) in [5, 5.41) is 3.69. The number of benzene rings is 2. The van der Waals surface area contributed by atoms with Crippen LogP contribution in [0.5, 0.6) is 0 Å².